The Morgan fingerprint density at radius 3 is 1.92 bits per heavy atom. The average Bonchev–Trinajstić information content (AvgIpc) is 3.14. The average molecular weight is 661 g/mol. The van der Waals surface area contributed by atoms with Crippen molar-refractivity contribution in [3.63, 3.8) is 0 Å². The van der Waals surface area contributed by atoms with E-state index >= 15 is 0 Å². The van der Waals surface area contributed by atoms with Crippen LogP contribution in [0.15, 0.2) is 133 Å². The van der Waals surface area contributed by atoms with Crippen molar-refractivity contribution in [1.29, 1.82) is 0 Å². The van der Waals surface area contributed by atoms with E-state index in [0.29, 0.717) is 26.2 Å². The molecular weight excluding hydrogens is 620 g/mol. The van der Waals surface area contributed by atoms with Gasteiger partial charge in [-0.05, 0) is 60.0 Å². The van der Waals surface area contributed by atoms with Crippen LogP contribution in [0.1, 0.15) is 29.7 Å². The smallest absolute Gasteiger partial charge is 0.333 e. The highest BCUT2D eigenvalue weighted by Crippen LogP contribution is 2.45. The van der Waals surface area contributed by atoms with E-state index in [2.05, 4.69) is 4.90 Å². The molecule has 0 aromatic heterocycles. The largest absolute Gasteiger partial charge is 0.492 e. The number of ether oxygens (including phenoxy) is 4. The number of carboxylic acids is 1. The molecule has 2 unspecified atom stereocenters. The van der Waals surface area contributed by atoms with E-state index in [-0.39, 0.29) is 6.61 Å². The van der Waals surface area contributed by atoms with Gasteiger partial charge in [-0.15, -0.1) is 0 Å². The van der Waals surface area contributed by atoms with Gasteiger partial charge in [-0.25, -0.2) is 9.59 Å². The van der Waals surface area contributed by atoms with Crippen LogP contribution < -0.4 is 20.1 Å². The lowest BCUT2D eigenvalue weighted by Crippen LogP contribution is -2.26. The summed E-state index contributed by atoms with van der Waals surface area (Å²) in [6, 6.07) is 41.4. The van der Waals surface area contributed by atoms with Crippen LogP contribution in [0.2, 0.25) is 0 Å². The summed E-state index contributed by atoms with van der Waals surface area (Å²) in [4.78, 5) is 25.2. The van der Waals surface area contributed by atoms with E-state index in [1.165, 1.54) is 0 Å². The first-order chi connectivity index (χ1) is 23.9. The lowest BCUT2D eigenvalue weighted by atomic mass is 10.1. The van der Waals surface area contributed by atoms with Gasteiger partial charge in [-0.2, -0.15) is 0 Å². The number of esters is 1. The van der Waals surface area contributed by atoms with Crippen molar-refractivity contribution < 1.29 is 33.6 Å². The fourth-order valence-electron chi connectivity index (χ4n) is 5.25. The summed E-state index contributed by atoms with van der Waals surface area (Å²) in [6.07, 6.45) is -0.511. The van der Waals surface area contributed by atoms with E-state index in [4.69, 9.17) is 24.7 Å². The highest BCUT2D eigenvalue weighted by Gasteiger charge is 2.23. The SMILES string of the molecule is CCOC(Cc1ccc(OCCN2c3ccccc3Oc3ccccc32)cc1)C(=O)O.NC(C(=O)OCc1ccccc1)c1ccccc1. The van der Waals surface area contributed by atoms with Gasteiger partial charge in [0.15, 0.2) is 17.6 Å². The fourth-order valence-corrected chi connectivity index (χ4v) is 5.25. The Morgan fingerprint density at radius 1 is 0.755 bits per heavy atom. The molecule has 2 atom stereocenters. The number of rotatable bonds is 13. The Morgan fingerprint density at radius 2 is 1.33 bits per heavy atom. The Hall–Kier alpha value is -5.64. The first-order valence-electron chi connectivity index (χ1n) is 16.1. The van der Waals surface area contributed by atoms with Gasteiger partial charge in [0.1, 0.15) is 25.0 Å². The molecule has 0 spiro atoms. The molecule has 0 radical (unpaired) electrons. The lowest BCUT2D eigenvalue weighted by molar-refractivity contribution is -0.150. The van der Waals surface area contributed by atoms with Crippen LogP contribution in [0.25, 0.3) is 0 Å². The van der Waals surface area contributed by atoms with E-state index < -0.39 is 24.1 Å². The van der Waals surface area contributed by atoms with E-state index in [1.54, 1.807) is 6.92 Å². The zero-order valence-corrected chi connectivity index (χ0v) is 27.3. The standard InChI is InChI=1S/C25H25NO5.C15H15NO2/c1-2-29-24(25(27)28)17-18-11-13-19(14-12-18)30-16-15-26-20-7-3-5-9-22(20)31-23-10-6-4-8-21(23)26;16-14(13-9-5-2-6-10-13)15(17)18-11-12-7-3-1-4-8-12/h3-14,24H,2,15-17H2,1H3,(H,27,28);1-10,14H,11,16H2. The topological polar surface area (TPSA) is 121 Å². The second kappa shape index (κ2) is 17.5. The molecule has 0 aliphatic carbocycles. The molecule has 0 bridgehead atoms. The third-order valence-electron chi connectivity index (χ3n) is 7.74. The van der Waals surface area contributed by atoms with Crippen molar-refractivity contribution in [2.24, 2.45) is 5.73 Å². The molecule has 1 heterocycles. The molecule has 1 aliphatic rings. The molecule has 0 amide bonds. The minimum Gasteiger partial charge on any atom is -0.492 e. The van der Waals surface area contributed by atoms with Crippen molar-refractivity contribution in [2.45, 2.75) is 32.1 Å². The van der Waals surface area contributed by atoms with Gasteiger partial charge in [0.25, 0.3) is 0 Å². The Bertz CT molecular complexity index is 1740. The summed E-state index contributed by atoms with van der Waals surface area (Å²) in [5.74, 6) is 1.03. The third-order valence-corrected chi connectivity index (χ3v) is 7.74. The number of anilines is 2. The molecule has 1 aliphatic heterocycles. The second-order valence-electron chi connectivity index (χ2n) is 11.1. The number of aliphatic carboxylic acids is 1. The molecule has 0 fully saturated rings. The van der Waals surface area contributed by atoms with Crippen LogP contribution in [-0.2, 0) is 32.1 Å². The number of carbonyl (C=O) groups is 2. The predicted molar refractivity (Wildman–Crippen MR) is 188 cm³/mol. The van der Waals surface area contributed by atoms with Crippen LogP contribution in [0.5, 0.6) is 17.2 Å². The molecular formula is C40H40N2O7. The number of para-hydroxylation sites is 4. The van der Waals surface area contributed by atoms with Gasteiger partial charge in [0, 0.05) is 13.0 Å². The summed E-state index contributed by atoms with van der Waals surface area (Å²) in [6.45, 7) is 3.55. The normalized spacial score (nSPS) is 12.6. The first kappa shape index (κ1) is 34.7. The first-order valence-corrected chi connectivity index (χ1v) is 16.1. The van der Waals surface area contributed by atoms with Gasteiger partial charge >= 0.3 is 11.9 Å². The number of carbonyl (C=O) groups excluding carboxylic acids is 1. The third kappa shape index (κ3) is 9.70. The number of fused-ring (bicyclic) bond motifs is 2. The van der Waals surface area contributed by atoms with Crippen molar-refractivity contribution in [3.05, 3.63) is 150 Å². The second-order valence-corrected chi connectivity index (χ2v) is 11.1. The Balaban J connectivity index is 0.000000221. The zero-order chi connectivity index (χ0) is 34.4. The summed E-state index contributed by atoms with van der Waals surface area (Å²) in [7, 11) is 0. The van der Waals surface area contributed by atoms with Crippen LogP contribution >= 0.6 is 0 Å². The minimum atomic E-state index is -0.951. The number of benzene rings is 5. The maximum Gasteiger partial charge on any atom is 0.333 e. The van der Waals surface area contributed by atoms with Crippen LogP contribution in [0.3, 0.4) is 0 Å². The molecule has 6 rings (SSSR count). The molecule has 252 valence electrons. The quantitative estimate of drug-likeness (QED) is 0.124. The molecule has 0 saturated heterocycles. The fraction of sp³-hybridized carbons (Fsp3) is 0.200. The summed E-state index contributed by atoms with van der Waals surface area (Å²) in [5.41, 5.74) is 10.5. The summed E-state index contributed by atoms with van der Waals surface area (Å²) in [5, 5.41) is 9.24. The maximum absolute atomic E-state index is 11.8. The van der Waals surface area contributed by atoms with Crippen molar-refractivity contribution >= 4 is 23.3 Å². The monoisotopic (exact) mass is 660 g/mol. The lowest BCUT2D eigenvalue weighted by Gasteiger charge is -2.32. The molecule has 5 aromatic carbocycles. The van der Waals surface area contributed by atoms with Crippen molar-refractivity contribution in [2.75, 3.05) is 24.7 Å². The maximum atomic E-state index is 11.8. The molecule has 3 N–H and O–H groups in total. The van der Waals surface area contributed by atoms with E-state index in [9.17, 15) is 14.7 Å². The molecule has 9 heteroatoms. The molecule has 49 heavy (non-hydrogen) atoms. The van der Waals surface area contributed by atoms with Gasteiger partial charge < -0.3 is 34.7 Å². The molecule has 9 nitrogen and oxygen atoms in total. The summed E-state index contributed by atoms with van der Waals surface area (Å²) >= 11 is 0. The van der Waals surface area contributed by atoms with Gasteiger partial charge in [0.2, 0.25) is 0 Å². The highest BCUT2D eigenvalue weighted by atomic mass is 16.5. The number of carboxylic acid groups (broad SMARTS) is 1. The molecule has 5 aromatic rings. The summed E-state index contributed by atoms with van der Waals surface area (Å²) < 4.78 is 22.4. The van der Waals surface area contributed by atoms with Crippen molar-refractivity contribution in [3.8, 4) is 17.2 Å². The highest BCUT2D eigenvalue weighted by molar-refractivity contribution is 5.78. The Kier molecular flexibility index (Phi) is 12.4. The predicted octanol–water partition coefficient (Wildman–Crippen LogP) is 7.47. The number of hydrogen-bond donors (Lipinski definition) is 2. The van der Waals surface area contributed by atoms with E-state index in [1.807, 2.05) is 133 Å². The van der Waals surface area contributed by atoms with Gasteiger partial charge in [-0.1, -0.05) is 97.1 Å². The van der Waals surface area contributed by atoms with Crippen LogP contribution in [0.4, 0.5) is 11.4 Å². The van der Waals surface area contributed by atoms with E-state index in [0.717, 1.165) is 45.3 Å². The van der Waals surface area contributed by atoms with Crippen LogP contribution in [-0.4, -0.2) is 42.9 Å². The number of nitrogens with zero attached hydrogens (tertiary/aromatic N) is 1. The van der Waals surface area contributed by atoms with Crippen molar-refractivity contribution in [1.82, 2.24) is 0 Å². The van der Waals surface area contributed by atoms with Gasteiger partial charge in [0.05, 0.1) is 17.9 Å². The van der Waals surface area contributed by atoms with Crippen LogP contribution in [0, 0.1) is 0 Å². The zero-order valence-electron chi connectivity index (χ0n) is 27.3. The number of hydrogen-bond acceptors (Lipinski definition) is 8. The minimum absolute atomic E-state index is 0.250. The number of nitrogens with two attached hydrogens (primary N) is 1. The Labute approximate surface area is 286 Å². The molecule has 0 saturated carbocycles. The van der Waals surface area contributed by atoms with Gasteiger partial charge in [-0.3, -0.25) is 0 Å².